The van der Waals surface area contributed by atoms with Gasteiger partial charge in [-0.15, -0.1) is 0 Å². The SMILES string of the molecule is N#CCC(=O)Nc1ccc(NC(=O)C(F)(F)F)cc1. The Hall–Kier alpha value is -2.56. The highest BCUT2D eigenvalue weighted by Crippen LogP contribution is 2.19. The van der Waals surface area contributed by atoms with Crippen LogP contribution in [0.3, 0.4) is 0 Å². The molecule has 0 aliphatic carbocycles. The van der Waals surface area contributed by atoms with Crippen LogP contribution in [0.25, 0.3) is 0 Å². The second kappa shape index (κ2) is 5.86. The molecule has 0 saturated heterocycles. The van der Waals surface area contributed by atoms with Crippen molar-refractivity contribution in [1.82, 2.24) is 0 Å². The third-order valence-electron chi connectivity index (χ3n) is 1.92. The van der Waals surface area contributed by atoms with Crippen LogP contribution in [0.1, 0.15) is 6.42 Å². The average molecular weight is 271 g/mol. The Morgan fingerprint density at radius 3 is 2.00 bits per heavy atom. The molecule has 2 N–H and O–H groups in total. The Kier molecular flexibility index (Phi) is 4.47. The maximum absolute atomic E-state index is 12.0. The fourth-order valence-electron chi connectivity index (χ4n) is 1.12. The second-order valence-corrected chi connectivity index (χ2v) is 3.41. The van der Waals surface area contributed by atoms with E-state index >= 15 is 0 Å². The number of nitrogens with zero attached hydrogens (tertiary/aromatic N) is 1. The van der Waals surface area contributed by atoms with Gasteiger partial charge in [0, 0.05) is 11.4 Å². The van der Waals surface area contributed by atoms with Crippen molar-refractivity contribution in [2.45, 2.75) is 12.6 Å². The summed E-state index contributed by atoms with van der Waals surface area (Å²) in [6.07, 6.45) is -5.29. The summed E-state index contributed by atoms with van der Waals surface area (Å²) in [5.74, 6) is -2.61. The molecule has 2 amide bonds. The summed E-state index contributed by atoms with van der Waals surface area (Å²) in [7, 11) is 0. The number of carbonyl (C=O) groups excluding carboxylic acids is 2. The zero-order valence-electron chi connectivity index (χ0n) is 9.41. The summed E-state index contributed by atoms with van der Waals surface area (Å²) in [4.78, 5) is 21.7. The largest absolute Gasteiger partial charge is 0.471 e. The number of carbonyl (C=O) groups is 2. The highest BCUT2D eigenvalue weighted by Gasteiger charge is 2.38. The topological polar surface area (TPSA) is 82.0 Å². The van der Waals surface area contributed by atoms with Crippen molar-refractivity contribution >= 4 is 23.2 Å². The van der Waals surface area contributed by atoms with Crippen LogP contribution < -0.4 is 10.6 Å². The van der Waals surface area contributed by atoms with E-state index < -0.39 is 18.0 Å². The first-order chi connectivity index (χ1) is 8.82. The summed E-state index contributed by atoms with van der Waals surface area (Å²) in [5.41, 5.74) is 0.255. The van der Waals surface area contributed by atoms with Gasteiger partial charge in [-0.2, -0.15) is 18.4 Å². The van der Waals surface area contributed by atoms with Crippen molar-refractivity contribution < 1.29 is 22.8 Å². The fraction of sp³-hybridized carbons (Fsp3) is 0.182. The molecular weight excluding hydrogens is 263 g/mol. The van der Waals surface area contributed by atoms with E-state index in [1.54, 1.807) is 11.4 Å². The van der Waals surface area contributed by atoms with Gasteiger partial charge in [-0.3, -0.25) is 9.59 Å². The van der Waals surface area contributed by atoms with Gasteiger partial charge in [-0.25, -0.2) is 0 Å². The summed E-state index contributed by atoms with van der Waals surface area (Å²) in [6, 6.07) is 6.66. The van der Waals surface area contributed by atoms with Gasteiger partial charge in [0.25, 0.3) is 0 Å². The van der Waals surface area contributed by atoms with Crippen molar-refractivity contribution in [2.24, 2.45) is 0 Å². The van der Waals surface area contributed by atoms with E-state index in [1.165, 1.54) is 24.3 Å². The molecule has 0 bridgehead atoms. The summed E-state index contributed by atoms with van der Waals surface area (Å²) >= 11 is 0. The number of rotatable bonds is 3. The first-order valence-corrected chi connectivity index (χ1v) is 4.98. The Bertz CT molecular complexity index is 517. The maximum Gasteiger partial charge on any atom is 0.471 e. The molecule has 0 aromatic heterocycles. The third-order valence-corrected chi connectivity index (χ3v) is 1.92. The molecule has 0 radical (unpaired) electrons. The lowest BCUT2D eigenvalue weighted by Gasteiger charge is -2.08. The van der Waals surface area contributed by atoms with E-state index in [0.29, 0.717) is 5.69 Å². The minimum absolute atomic E-state index is 0.0550. The molecule has 0 atom stereocenters. The Morgan fingerprint density at radius 2 is 1.58 bits per heavy atom. The van der Waals surface area contributed by atoms with E-state index in [-0.39, 0.29) is 12.1 Å². The van der Waals surface area contributed by atoms with Crippen LogP contribution in [0.2, 0.25) is 0 Å². The molecule has 5 nitrogen and oxygen atoms in total. The predicted octanol–water partition coefficient (Wildman–Crippen LogP) is 2.04. The smallest absolute Gasteiger partial charge is 0.325 e. The number of amides is 2. The van der Waals surface area contributed by atoms with Gasteiger partial charge in [0.15, 0.2) is 0 Å². The minimum Gasteiger partial charge on any atom is -0.325 e. The van der Waals surface area contributed by atoms with Crippen molar-refractivity contribution in [3.05, 3.63) is 24.3 Å². The lowest BCUT2D eigenvalue weighted by atomic mass is 10.2. The molecule has 0 spiro atoms. The first-order valence-electron chi connectivity index (χ1n) is 4.98. The number of nitrogens with one attached hydrogen (secondary N) is 2. The summed E-state index contributed by atoms with van der Waals surface area (Å²) < 4.78 is 35.9. The molecule has 0 aliphatic heterocycles. The Labute approximate surface area is 106 Å². The average Bonchev–Trinajstić information content (AvgIpc) is 2.30. The van der Waals surface area contributed by atoms with Crippen LogP contribution in [0.5, 0.6) is 0 Å². The van der Waals surface area contributed by atoms with E-state index in [9.17, 15) is 22.8 Å². The number of hydrogen-bond acceptors (Lipinski definition) is 3. The second-order valence-electron chi connectivity index (χ2n) is 3.41. The Balaban J connectivity index is 2.65. The number of anilines is 2. The molecule has 0 unspecified atom stereocenters. The van der Waals surface area contributed by atoms with Crippen LogP contribution in [-0.2, 0) is 9.59 Å². The molecule has 100 valence electrons. The molecule has 8 heteroatoms. The monoisotopic (exact) mass is 271 g/mol. The number of benzene rings is 1. The standard InChI is InChI=1S/C11H8F3N3O2/c12-11(13,14)10(19)17-8-3-1-7(2-4-8)16-9(18)5-6-15/h1-4H,5H2,(H,16,18)(H,17,19). The molecule has 0 heterocycles. The molecule has 0 aliphatic rings. The van der Waals surface area contributed by atoms with Gasteiger partial charge in [-0.1, -0.05) is 0 Å². The van der Waals surface area contributed by atoms with Crippen molar-refractivity contribution in [2.75, 3.05) is 10.6 Å². The van der Waals surface area contributed by atoms with Gasteiger partial charge < -0.3 is 10.6 Å². The third kappa shape index (κ3) is 4.67. The number of nitriles is 1. The van der Waals surface area contributed by atoms with E-state index in [0.717, 1.165) is 0 Å². The molecule has 0 fully saturated rings. The van der Waals surface area contributed by atoms with E-state index in [2.05, 4.69) is 5.32 Å². The molecule has 1 rings (SSSR count). The summed E-state index contributed by atoms with van der Waals surface area (Å²) in [6.45, 7) is 0. The molecule has 1 aromatic carbocycles. The Morgan fingerprint density at radius 1 is 1.11 bits per heavy atom. The zero-order chi connectivity index (χ0) is 14.5. The van der Waals surface area contributed by atoms with Crippen molar-refractivity contribution in [1.29, 1.82) is 5.26 Å². The van der Waals surface area contributed by atoms with Gasteiger partial charge >= 0.3 is 12.1 Å². The number of hydrogen-bond donors (Lipinski definition) is 2. The van der Waals surface area contributed by atoms with Crippen LogP contribution >= 0.6 is 0 Å². The van der Waals surface area contributed by atoms with E-state index in [4.69, 9.17) is 5.26 Å². The van der Waals surface area contributed by atoms with Crippen molar-refractivity contribution in [3.8, 4) is 6.07 Å². The highest BCUT2D eigenvalue weighted by atomic mass is 19.4. The first kappa shape index (κ1) is 14.5. The summed E-state index contributed by atoms with van der Waals surface area (Å²) in [5, 5.41) is 12.3. The van der Waals surface area contributed by atoms with Crippen LogP contribution in [0, 0.1) is 11.3 Å². The van der Waals surface area contributed by atoms with Gasteiger partial charge in [0.1, 0.15) is 6.42 Å². The van der Waals surface area contributed by atoms with Gasteiger partial charge in [-0.05, 0) is 24.3 Å². The maximum atomic E-state index is 12.0. The predicted molar refractivity (Wildman–Crippen MR) is 60.0 cm³/mol. The number of alkyl halides is 3. The minimum atomic E-state index is -4.96. The lowest BCUT2D eigenvalue weighted by molar-refractivity contribution is -0.167. The van der Waals surface area contributed by atoms with Crippen molar-refractivity contribution in [3.63, 3.8) is 0 Å². The van der Waals surface area contributed by atoms with Gasteiger partial charge in [0.05, 0.1) is 6.07 Å². The van der Waals surface area contributed by atoms with Crippen LogP contribution in [-0.4, -0.2) is 18.0 Å². The quantitative estimate of drug-likeness (QED) is 0.882. The normalized spacial score (nSPS) is 10.4. The highest BCUT2D eigenvalue weighted by molar-refractivity contribution is 5.95. The number of halogens is 3. The molecule has 1 aromatic rings. The van der Waals surface area contributed by atoms with Crippen LogP contribution in [0.4, 0.5) is 24.5 Å². The molecule has 19 heavy (non-hydrogen) atoms. The van der Waals surface area contributed by atoms with E-state index in [1.807, 2.05) is 0 Å². The van der Waals surface area contributed by atoms with Gasteiger partial charge in [0.2, 0.25) is 5.91 Å². The molecule has 0 saturated carbocycles. The van der Waals surface area contributed by atoms with Crippen LogP contribution in [0.15, 0.2) is 24.3 Å². The zero-order valence-corrected chi connectivity index (χ0v) is 9.41. The molecular formula is C11H8F3N3O2. The lowest BCUT2D eigenvalue weighted by Crippen LogP contribution is -2.29. The fourth-order valence-corrected chi connectivity index (χ4v) is 1.12.